The zero-order chi connectivity index (χ0) is 11.7. The number of rotatable bonds is 7. The van der Waals surface area contributed by atoms with Gasteiger partial charge in [-0.05, 0) is 6.92 Å². The molecule has 0 aromatic rings. The molecule has 7 nitrogen and oxygen atoms in total. The number of urea groups is 1. The molecule has 88 valence electrons. The quantitative estimate of drug-likeness (QED) is 0.402. The molecule has 1 unspecified atom stereocenters. The first kappa shape index (κ1) is 13.7. The van der Waals surface area contributed by atoms with Crippen molar-refractivity contribution in [2.45, 2.75) is 13.0 Å². The van der Waals surface area contributed by atoms with Crippen LogP contribution in [0.4, 0.5) is 4.79 Å². The number of nitrogens with one attached hydrogen (secondary N) is 2. The smallest absolute Gasteiger partial charge is 0.328 e. The van der Waals surface area contributed by atoms with E-state index >= 15 is 0 Å². The number of carboxylic acid groups (broad SMARTS) is 1. The number of aliphatic hydroxyl groups excluding tert-OH is 1. The van der Waals surface area contributed by atoms with Crippen molar-refractivity contribution in [1.82, 2.24) is 10.6 Å². The minimum Gasteiger partial charge on any atom is -0.480 e. The lowest BCUT2D eigenvalue weighted by atomic mass is 10.3. The summed E-state index contributed by atoms with van der Waals surface area (Å²) in [4.78, 5) is 21.4. The van der Waals surface area contributed by atoms with E-state index in [0.717, 1.165) is 0 Å². The molecule has 0 radical (unpaired) electrons. The van der Waals surface area contributed by atoms with Gasteiger partial charge in [0.05, 0.1) is 13.2 Å². The van der Waals surface area contributed by atoms with Gasteiger partial charge in [-0.2, -0.15) is 0 Å². The fraction of sp³-hybridized carbons (Fsp3) is 0.750. The maximum Gasteiger partial charge on any atom is 0.328 e. The fourth-order valence-electron chi connectivity index (χ4n) is 0.776. The lowest BCUT2D eigenvalue weighted by molar-refractivity contribution is -0.140. The molecule has 0 aromatic heterocycles. The maximum atomic E-state index is 11.0. The normalized spacial score (nSPS) is 11.9. The van der Waals surface area contributed by atoms with Crippen LogP contribution in [-0.4, -0.2) is 54.6 Å². The van der Waals surface area contributed by atoms with Gasteiger partial charge in [0, 0.05) is 13.2 Å². The molecule has 0 bridgehead atoms. The number of ether oxygens (including phenoxy) is 1. The number of aliphatic carboxylic acids is 1. The number of hydrogen-bond donors (Lipinski definition) is 4. The molecule has 0 heterocycles. The van der Waals surface area contributed by atoms with Gasteiger partial charge in [0.15, 0.2) is 6.04 Å². The first-order valence-electron chi connectivity index (χ1n) is 4.57. The predicted molar refractivity (Wildman–Crippen MR) is 51.5 cm³/mol. The first-order valence-corrected chi connectivity index (χ1v) is 4.57. The average molecular weight is 220 g/mol. The molecule has 0 spiro atoms. The Balaban J connectivity index is 3.67. The molecule has 7 heteroatoms. The van der Waals surface area contributed by atoms with Gasteiger partial charge < -0.3 is 25.6 Å². The van der Waals surface area contributed by atoms with Crippen LogP contribution in [0.5, 0.6) is 0 Å². The lowest BCUT2D eigenvalue weighted by Gasteiger charge is -2.12. The summed E-state index contributed by atoms with van der Waals surface area (Å²) in [5.41, 5.74) is 0. The molecule has 1 atom stereocenters. The Morgan fingerprint density at radius 2 is 2.13 bits per heavy atom. The number of hydrogen-bond acceptors (Lipinski definition) is 4. The van der Waals surface area contributed by atoms with E-state index in [4.69, 9.17) is 14.9 Å². The van der Waals surface area contributed by atoms with Crippen molar-refractivity contribution in [3.63, 3.8) is 0 Å². The number of carboxylic acids is 1. The van der Waals surface area contributed by atoms with E-state index in [1.807, 2.05) is 6.92 Å². The maximum absolute atomic E-state index is 11.0. The molecule has 0 aromatic carbocycles. The third kappa shape index (κ3) is 6.69. The third-order valence-electron chi connectivity index (χ3n) is 1.52. The standard InChI is InChI=1S/C8H16N2O5/c1-2-15-4-3-9-8(14)10-6(5-11)7(12)13/h6,11H,2-5H2,1H3,(H,12,13)(H2,9,10,14). The molecule has 0 saturated carbocycles. The highest BCUT2D eigenvalue weighted by Gasteiger charge is 2.17. The minimum absolute atomic E-state index is 0.289. The SMILES string of the molecule is CCOCCNC(=O)NC(CO)C(=O)O. The third-order valence-corrected chi connectivity index (χ3v) is 1.52. The molecule has 0 rings (SSSR count). The monoisotopic (exact) mass is 220 g/mol. The molecule has 4 N–H and O–H groups in total. The van der Waals surface area contributed by atoms with Crippen LogP contribution >= 0.6 is 0 Å². The molecule has 0 aliphatic heterocycles. The molecule has 0 aliphatic rings. The lowest BCUT2D eigenvalue weighted by Crippen LogP contribution is -2.48. The highest BCUT2D eigenvalue weighted by molar-refractivity contribution is 5.82. The molecule has 2 amide bonds. The summed E-state index contributed by atoms with van der Waals surface area (Å²) in [5, 5.41) is 21.6. The number of carbonyl (C=O) groups excluding carboxylic acids is 1. The van der Waals surface area contributed by atoms with Gasteiger partial charge in [0.1, 0.15) is 0 Å². The van der Waals surface area contributed by atoms with E-state index in [-0.39, 0.29) is 6.54 Å². The van der Waals surface area contributed by atoms with Crippen LogP contribution in [0.3, 0.4) is 0 Å². The molecular weight excluding hydrogens is 204 g/mol. The molecule has 0 fully saturated rings. The molecule has 0 saturated heterocycles. The van der Waals surface area contributed by atoms with Crippen LogP contribution < -0.4 is 10.6 Å². The van der Waals surface area contributed by atoms with E-state index in [0.29, 0.717) is 13.2 Å². The molecule has 15 heavy (non-hydrogen) atoms. The topological polar surface area (TPSA) is 108 Å². The van der Waals surface area contributed by atoms with Gasteiger partial charge in [0.25, 0.3) is 0 Å². The van der Waals surface area contributed by atoms with Crippen molar-refractivity contribution in [3.05, 3.63) is 0 Å². The number of carbonyl (C=O) groups is 2. The largest absolute Gasteiger partial charge is 0.480 e. The minimum atomic E-state index is -1.28. The highest BCUT2D eigenvalue weighted by atomic mass is 16.5. The van der Waals surface area contributed by atoms with Crippen molar-refractivity contribution in [3.8, 4) is 0 Å². The summed E-state index contributed by atoms with van der Waals surface area (Å²) in [6, 6.07) is -1.92. The zero-order valence-corrected chi connectivity index (χ0v) is 8.52. The van der Waals surface area contributed by atoms with E-state index in [1.165, 1.54) is 0 Å². The summed E-state index contributed by atoms with van der Waals surface area (Å²) in [5.74, 6) is -1.28. The van der Waals surface area contributed by atoms with Crippen molar-refractivity contribution < 1.29 is 24.5 Å². The van der Waals surface area contributed by atoms with Gasteiger partial charge in [0.2, 0.25) is 0 Å². The second-order valence-corrected chi connectivity index (χ2v) is 2.67. The highest BCUT2D eigenvalue weighted by Crippen LogP contribution is 1.82. The van der Waals surface area contributed by atoms with Crippen LogP contribution in [0.25, 0.3) is 0 Å². The fourth-order valence-corrected chi connectivity index (χ4v) is 0.776. The molecule has 0 aliphatic carbocycles. The van der Waals surface area contributed by atoms with E-state index in [2.05, 4.69) is 10.6 Å². The summed E-state index contributed by atoms with van der Waals surface area (Å²) in [7, 11) is 0. The Morgan fingerprint density at radius 3 is 2.60 bits per heavy atom. The van der Waals surface area contributed by atoms with E-state index in [9.17, 15) is 9.59 Å². The zero-order valence-electron chi connectivity index (χ0n) is 8.52. The second kappa shape index (κ2) is 8.01. The summed E-state index contributed by atoms with van der Waals surface area (Å²) < 4.78 is 4.95. The first-order chi connectivity index (χ1) is 7.11. The van der Waals surface area contributed by atoms with Gasteiger partial charge >= 0.3 is 12.0 Å². The number of aliphatic hydroxyl groups is 1. The Morgan fingerprint density at radius 1 is 1.47 bits per heavy atom. The Bertz CT molecular complexity index is 209. The Hall–Kier alpha value is -1.34. The van der Waals surface area contributed by atoms with Gasteiger partial charge in [-0.3, -0.25) is 0 Å². The van der Waals surface area contributed by atoms with Gasteiger partial charge in [-0.25, -0.2) is 9.59 Å². The summed E-state index contributed by atoms with van der Waals surface area (Å²) in [6.07, 6.45) is 0. The van der Waals surface area contributed by atoms with Crippen LogP contribution in [0.15, 0.2) is 0 Å². The Labute approximate surface area is 87.4 Å². The Kier molecular flexibility index (Phi) is 7.29. The van der Waals surface area contributed by atoms with E-state index in [1.54, 1.807) is 0 Å². The van der Waals surface area contributed by atoms with Crippen LogP contribution in [0.2, 0.25) is 0 Å². The van der Waals surface area contributed by atoms with E-state index < -0.39 is 24.6 Å². The second-order valence-electron chi connectivity index (χ2n) is 2.67. The van der Waals surface area contributed by atoms with Gasteiger partial charge in [-0.1, -0.05) is 0 Å². The van der Waals surface area contributed by atoms with Crippen LogP contribution in [0.1, 0.15) is 6.92 Å². The summed E-state index contributed by atoms with van der Waals surface area (Å²) >= 11 is 0. The summed E-state index contributed by atoms with van der Waals surface area (Å²) in [6.45, 7) is 2.39. The van der Waals surface area contributed by atoms with Gasteiger partial charge in [-0.15, -0.1) is 0 Å². The van der Waals surface area contributed by atoms with Crippen molar-refractivity contribution in [2.75, 3.05) is 26.4 Å². The number of amides is 2. The molecular formula is C8H16N2O5. The average Bonchev–Trinajstić information content (AvgIpc) is 2.20. The van der Waals surface area contributed by atoms with Crippen LogP contribution in [-0.2, 0) is 9.53 Å². The predicted octanol–water partition coefficient (Wildman–Crippen LogP) is -1.23. The van der Waals surface area contributed by atoms with Crippen LogP contribution in [0, 0.1) is 0 Å². The van der Waals surface area contributed by atoms with Crippen molar-refractivity contribution in [2.24, 2.45) is 0 Å². The van der Waals surface area contributed by atoms with Crippen molar-refractivity contribution in [1.29, 1.82) is 0 Å². The van der Waals surface area contributed by atoms with Crippen molar-refractivity contribution >= 4 is 12.0 Å².